The second-order valence-electron chi connectivity index (χ2n) is 17.4. The minimum atomic E-state index is -3.48. The van der Waals surface area contributed by atoms with Crippen LogP contribution in [0.2, 0.25) is 0 Å². The summed E-state index contributed by atoms with van der Waals surface area (Å²) in [6, 6.07) is 0. The van der Waals surface area contributed by atoms with E-state index in [1.54, 1.807) is 0 Å². The maximum Gasteiger partial charge on any atom is 0.364 e. The molecule has 0 saturated carbocycles. The Kier molecular flexibility index (Phi) is 20.1. The van der Waals surface area contributed by atoms with Crippen LogP contribution in [0, 0.1) is 0 Å². The lowest BCUT2D eigenvalue weighted by atomic mass is 9.89. The summed E-state index contributed by atoms with van der Waals surface area (Å²) < 4.78 is 49.3. The summed E-state index contributed by atoms with van der Waals surface area (Å²) in [6.07, 6.45) is -59.7. The Morgan fingerprint density at radius 1 is 0.486 bits per heavy atom. The van der Waals surface area contributed by atoms with E-state index in [1.165, 1.54) is 0 Å². The van der Waals surface area contributed by atoms with Crippen molar-refractivity contribution in [1.82, 2.24) is 0 Å². The van der Waals surface area contributed by atoms with E-state index in [2.05, 4.69) is 0 Å². The van der Waals surface area contributed by atoms with Gasteiger partial charge in [0.05, 0.1) is 45.2 Å². The van der Waals surface area contributed by atoms with Gasteiger partial charge in [-0.3, -0.25) is 0 Å². The van der Waals surface area contributed by atoms with Crippen molar-refractivity contribution < 1.29 is 165 Å². The molecule has 5 rings (SSSR count). The van der Waals surface area contributed by atoms with Crippen molar-refractivity contribution in [2.75, 3.05) is 33.0 Å². The van der Waals surface area contributed by atoms with Gasteiger partial charge in [-0.15, -0.1) is 0 Å². The first-order valence-electron chi connectivity index (χ1n) is 21.5. The van der Waals surface area contributed by atoms with Gasteiger partial charge in [-0.25, -0.2) is 9.59 Å². The zero-order chi connectivity index (χ0) is 52.5. The van der Waals surface area contributed by atoms with Crippen LogP contribution < -0.4 is 0 Å². The first-order chi connectivity index (χ1) is 32.7. The highest BCUT2D eigenvalue weighted by atomic mass is 16.8. The summed E-state index contributed by atoms with van der Waals surface area (Å²) in [5, 5.41) is 231. The van der Waals surface area contributed by atoms with Crippen LogP contribution in [0.4, 0.5) is 0 Å². The van der Waals surface area contributed by atoms with E-state index in [1.807, 2.05) is 0 Å². The summed E-state index contributed by atoms with van der Waals surface area (Å²) >= 11 is 0. The summed E-state index contributed by atoms with van der Waals surface area (Å²) in [4.78, 5) is 25.2. The highest BCUT2D eigenvalue weighted by Crippen LogP contribution is 2.42. The predicted octanol–water partition coefficient (Wildman–Crippen LogP) is -14.2. The third kappa shape index (κ3) is 12.0. The molecule has 0 radical (unpaired) electrons. The predicted molar refractivity (Wildman–Crippen MR) is 207 cm³/mol. The van der Waals surface area contributed by atoms with E-state index in [4.69, 9.17) is 42.6 Å². The number of carbonyl (C=O) groups is 2. The fourth-order valence-electron chi connectivity index (χ4n) is 8.52. The molecule has 33 heteroatoms. The molecule has 33 nitrogen and oxygen atoms in total. The van der Waals surface area contributed by atoms with Crippen molar-refractivity contribution in [2.24, 2.45) is 0 Å². The van der Waals surface area contributed by atoms with Crippen LogP contribution in [0.1, 0.15) is 12.8 Å². The zero-order valence-electron chi connectivity index (χ0n) is 36.3. The van der Waals surface area contributed by atoms with Gasteiger partial charge in [-0.1, -0.05) is 0 Å². The van der Waals surface area contributed by atoms with Gasteiger partial charge < -0.3 is 155 Å². The molecule has 0 spiro atoms. The number of carboxylic acid groups (broad SMARTS) is 2. The lowest BCUT2D eigenvalue weighted by molar-refractivity contribution is -0.402. The molecule has 408 valence electrons. The van der Waals surface area contributed by atoms with E-state index in [0.29, 0.717) is 0 Å². The normalized spacial score (nSPS) is 47.2. The number of carboxylic acids is 2. The van der Waals surface area contributed by atoms with Crippen molar-refractivity contribution in [1.29, 1.82) is 0 Å². The van der Waals surface area contributed by atoms with Crippen LogP contribution in [0.25, 0.3) is 0 Å². The smallest absolute Gasteiger partial charge is 0.364 e. The Bertz CT molecular complexity index is 1690. The summed E-state index contributed by atoms with van der Waals surface area (Å²) in [7, 11) is 0. The number of rotatable bonds is 20. The quantitative estimate of drug-likeness (QED) is 0.0538. The lowest BCUT2D eigenvalue weighted by Gasteiger charge is -2.51. The van der Waals surface area contributed by atoms with Gasteiger partial charge in [0, 0.05) is 12.8 Å². The molecular weight excluding hydrogens is 972 g/mol. The van der Waals surface area contributed by atoms with Gasteiger partial charge in [0.15, 0.2) is 18.9 Å². The second-order valence-corrected chi connectivity index (χ2v) is 17.4. The third-order valence-corrected chi connectivity index (χ3v) is 12.5. The van der Waals surface area contributed by atoms with Crippen LogP contribution in [0.5, 0.6) is 0 Å². The highest BCUT2D eigenvalue weighted by molar-refractivity contribution is 5.76. The minimum absolute atomic E-state index is 0.984. The fourth-order valence-corrected chi connectivity index (χ4v) is 8.52. The molecule has 0 aliphatic carbocycles. The van der Waals surface area contributed by atoms with Crippen molar-refractivity contribution in [3.8, 4) is 0 Å². The highest BCUT2D eigenvalue weighted by Gasteiger charge is 2.62. The molecule has 5 heterocycles. The number of aliphatic carboxylic acids is 2. The van der Waals surface area contributed by atoms with Crippen LogP contribution in [0.15, 0.2) is 0 Å². The van der Waals surface area contributed by atoms with Crippen molar-refractivity contribution in [3.63, 3.8) is 0 Å². The molecule has 0 bridgehead atoms. The van der Waals surface area contributed by atoms with E-state index < -0.39 is 229 Å². The molecule has 0 aromatic heterocycles. The molecule has 70 heavy (non-hydrogen) atoms. The molecule has 0 aromatic carbocycles. The Morgan fingerprint density at radius 3 is 1.44 bits per heavy atom. The first-order valence-corrected chi connectivity index (χ1v) is 21.5. The van der Waals surface area contributed by atoms with Gasteiger partial charge >= 0.3 is 11.9 Å². The number of ether oxygens (including phenoxy) is 9. The van der Waals surface area contributed by atoms with Crippen LogP contribution in [-0.2, 0) is 52.2 Å². The number of hydrogen-bond donors (Lipinski definition) is 22. The fraction of sp³-hybridized carbons (Fsp3) is 0.946. The Morgan fingerprint density at radius 2 is 0.929 bits per heavy atom. The Hall–Kier alpha value is -2.22. The first kappa shape index (κ1) is 58.7. The van der Waals surface area contributed by atoms with Crippen molar-refractivity contribution in [2.45, 2.75) is 184 Å². The van der Waals surface area contributed by atoms with Gasteiger partial charge in [0.25, 0.3) is 11.6 Å². The van der Waals surface area contributed by atoms with Crippen LogP contribution in [-0.4, -0.2) is 328 Å². The van der Waals surface area contributed by atoms with Crippen molar-refractivity contribution >= 4 is 11.9 Å². The maximum absolute atomic E-state index is 12.9. The zero-order valence-corrected chi connectivity index (χ0v) is 36.3. The van der Waals surface area contributed by atoms with E-state index in [0.717, 1.165) is 0 Å². The van der Waals surface area contributed by atoms with Gasteiger partial charge in [0.1, 0.15) is 128 Å². The third-order valence-electron chi connectivity index (χ3n) is 12.5. The largest absolute Gasteiger partial charge is 0.477 e. The molecule has 22 N–H and O–H groups in total. The molecule has 0 amide bonds. The van der Waals surface area contributed by atoms with E-state index >= 15 is 0 Å². The summed E-state index contributed by atoms with van der Waals surface area (Å²) in [5.74, 6) is -11.1. The second kappa shape index (κ2) is 24.0. The number of aliphatic hydroxyl groups is 20. The Labute approximate surface area is 393 Å². The molecule has 28 atom stereocenters. The van der Waals surface area contributed by atoms with Gasteiger partial charge in [-0.05, 0) is 0 Å². The van der Waals surface area contributed by atoms with Crippen molar-refractivity contribution in [3.05, 3.63) is 0 Å². The SMILES string of the molecule is O=C(O)[C@@]1(O[C@@H]2C[C@](O)(C(=O)O)O[C@H]([C@H](O)CO)[C@@H]2O[C@H]2O[C@H]([C@@H](O)CO)[C@@H](O)[C@H](O[C@H]3O[C@H]([C@@H](O)CO[C@H]4O[C@H]([C@@H](O)CO)[C@@H](O)[C@H](O)[C@@H]4O)[C@@H](O)[C@H](O)[C@@H]3O)[C@@H]2O)C[C@@H](O)[C@@H](O)[C@@H]([C@H](O)CO)O1. The van der Waals surface area contributed by atoms with E-state index in [9.17, 15) is 122 Å². The van der Waals surface area contributed by atoms with Gasteiger partial charge in [-0.2, -0.15) is 0 Å². The molecular formula is C37H62O33. The minimum Gasteiger partial charge on any atom is -0.477 e. The molecule has 5 fully saturated rings. The summed E-state index contributed by atoms with van der Waals surface area (Å²) in [6.45, 7) is -5.82. The molecule has 0 unspecified atom stereocenters. The lowest BCUT2D eigenvalue weighted by Crippen LogP contribution is -2.70. The average molecular weight is 1030 g/mol. The summed E-state index contributed by atoms with van der Waals surface area (Å²) in [5.41, 5.74) is 0. The van der Waals surface area contributed by atoms with E-state index in [-0.39, 0.29) is 0 Å². The average Bonchev–Trinajstić information content (AvgIpc) is 3.32. The molecule has 5 saturated heterocycles. The number of aliphatic hydroxyl groups excluding tert-OH is 19. The molecule has 5 aliphatic heterocycles. The monoisotopic (exact) mass is 1030 g/mol. The maximum atomic E-state index is 12.9. The standard InChI is InChI=1S/C37H62O33/c38-3-9(43)24-18(51)16(49)20(53)31(63-24)62-7-13(47)26-19(52)17(50)21(54)32(65-26)67-30-22(55)25(10(44)4-39)64-33(23(30)56)66-29-14(2-36(61,34(57)58)69-28(29)12(46)6-41)68-37(35(59)60)1-8(42)15(48)27(70-37)11(45)5-40/h8-33,38-56,61H,1-7H2,(H,57,58)(H,59,60)/t8-,9+,10+,11-,12-,13+,14-,15-,16+,17+,18+,19+,20+,21+,22-,23+,24-,25-,26-,27-,28-,29-,30+,31+,32-,33-,36-,37-/m1/s1. The topological polar surface area (TPSA) is 562 Å². The Balaban J connectivity index is 1.45. The molecule has 0 aromatic rings. The van der Waals surface area contributed by atoms with Crippen LogP contribution in [0.3, 0.4) is 0 Å². The number of hydrogen-bond acceptors (Lipinski definition) is 31. The van der Waals surface area contributed by atoms with Gasteiger partial charge in [0.2, 0.25) is 0 Å². The molecule has 5 aliphatic rings. The van der Waals surface area contributed by atoms with Crippen LogP contribution >= 0.6 is 0 Å².